The van der Waals surface area contributed by atoms with Crippen molar-refractivity contribution in [1.29, 1.82) is 0 Å². The molecule has 0 heterocycles. The van der Waals surface area contributed by atoms with Crippen LogP contribution in [0.4, 0.5) is 0 Å². The fraction of sp³-hybridized carbons (Fsp3) is 0.174. The SMILES string of the molecule is COC(=O)C(C(=O)/C=C/c1ccc(O)c(OC)c1)C(=O)/C=C/c1ccc(O)c(OC)c1. The molecule has 0 fully saturated rings. The molecule has 0 aliphatic rings. The smallest absolute Gasteiger partial charge is 0.324 e. The highest BCUT2D eigenvalue weighted by atomic mass is 16.5. The summed E-state index contributed by atoms with van der Waals surface area (Å²) in [4.78, 5) is 37.2. The third kappa shape index (κ3) is 5.96. The van der Waals surface area contributed by atoms with Gasteiger partial charge in [0.2, 0.25) is 0 Å². The van der Waals surface area contributed by atoms with Crippen LogP contribution in [0.5, 0.6) is 23.0 Å². The van der Waals surface area contributed by atoms with Crippen molar-refractivity contribution in [2.45, 2.75) is 0 Å². The molecule has 0 aliphatic carbocycles. The summed E-state index contributed by atoms with van der Waals surface area (Å²) >= 11 is 0. The van der Waals surface area contributed by atoms with Crippen molar-refractivity contribution in [2.75, 3.05) is 21.3 Å². The topological polar surface area (TPSA) is 119 Å². The summed E-state index contributed by atoms with van der Waals surface area (Å²) in [6.07, 6.45) is 4.95. The van der Waals surface area contributed by atoms with Crippen LogP contribution in [-0.2, 0) is 19.1 Å². The van der Waals surface area contributed by atoms with Crippen molar-refractivity contribution in [2.24, 2.45) is 5.92 Å². The minimum absolute atomic E-state index is 0.0652. The van der Waals surface area contributed by atoms with E-state index in [1.54, 1.807) is 0 Å². The van der Waals surface area contributed by atoms with E-state index in [0.29, 0.717) is 11.1 Å². The number of ether oxygens (including phenoxy) is 3. The maximum absolute atomic E-state index is 12.6. The van der Waals surface area contributed by atoms with Crippen LogP contribution in [0.2, 0.25) is 0 Å². The number of carbonyl (C=O) groups is 3. The maximum atomic E-state index is 12.6. The first-order valence-electron chi connectivity index (χ1n) is 9.06. The number of ketones is 2. The van der Waals surface area contributed by atoms with E-state index in [1.165, 1.54) is 62.8 Å². The number of esters is 1. The van der Waals surface area contributed by atoms with Gasteiger partial charge >= 0.3 is 5.97 Å². The van der Waals surface area contributed by atoms with Crippen LogP contribution in [0.15, 0.2) is 48.6 Å². The molecule has 0 aliphatic heterocycles. The highest BCUT2D eigenvalue weighted by molar-refractivity contribution is 6.24. The van der Waals surface area contributed by atoms with Gasteiger partial charge in [-0.3, -0.25) is 14.4 Å². The Morgan fingerprint density at radius 1 is 0.774 bits per heavy atom. The van der Waals surface area contributed by atoms with Crippen molar-refractivity contribution in [3.05, 3.63) is 59.7 Å². The van der Waals surface area contributed by atoms with Crippen LogP contribution < -0.4 is 9.47 Å². The van der Waals surface area contributed by atoms with Gasteiger partial charge in [0, 0.05) is 0 Å². The van der Waals surface area contributed by atoms with E-state index in [4.69, 9.17) is 9.47 Å². The van der Waals surface area contributed by atoms with Crippen LogP contribution in [0.3, 0.4) is 0 Å². The Hall–Kier alpha value is -4.07. The van der Waals surface area contributed by atoms with Gasteiger partial charge in [-0.05, 0) is 47.5 Å². The van der Waals surface area contributed by atoms with Gasteiger partial charge in [0.25, 0.3) is 0 Å². The van der Waals surface area contributed by atoms with Gasteiger partial charge in [0.1, 0.15) is 0 Å². The highest BCUT2D eigenvalue weighted by Crippen LogP contribution is 2.28. The van der Waals surface area contributed by atoms with Gasteiger partial charge in [0.15, 0.2) is 40.5 Å². The molecule has 0 atom stereocenters. The lowest BCUT2D eigenvalue weighted by Crippen LogP contribution is -2.30. The third-order valence-corrected chi connectivity index (χ3v) is 4.29. The number of allylic oxidation sites excluding steroid dienone is 2. The second kappa shape index (κ2) is 10.6. The molecule has 0 aromatic heterocycles. The molecule has 162 valence electrons. The molecule has 2 N–H and O–H groups in total. The van der Waals surface area contributed by atoms with Crippen molar-refractivity contribution in [1.82, 2.24) is 0 Å². The summed E-state index contributed by atoms with van der Waals surface area (Å²) in [7, 11) is 3.85. The van der Waals surface area contributed by atoms with Gasteiger partial charge in [-0.15, -0.1) is 0 Å². The van der Waals surface area contributed by atoms with Crippen molar-refractivity contribution in [3.8, 4) is 23.0 Å². The zero-order valence-corrected chi connectivity index (χ0v) is 17.2. The first kappa shape index (κ1) is 23.2. The fourth-order valence-corrected chi connectivity index (χ4v) is 2.64. The third-order valence-electron chi connectivity index (χ3n) is 4.29. The quantitative estimate of drug-likeness (QED) is 0.357. The Morgan fingerprint density at radius 2 is 1.19 bits per heavy atom. The van der Waals surface area contributed by atoms with E-state index in [-0.39, 0.29) is 23.0 Å². The summed E-state index contributed by atoms with van der Waals surface area (Å²) < 4.78 is 14.6. The molecule has 0 unspecified atom stereocenters. The van der Waals surface area contributed by atoms with Gasteiger partial charge < -0.3 is 24.4 Å². The summed E-state index contributed by atoms with van der Waals surface area (Å²) in [6.45, 7) is 0. The van der Waals surface area contributed by atoms with Crippen LogP contribution in [0, 0.1) is 5.92 Å². The fourth-order valence-electron chi connectivity index (χ4n) is 2.64. The molecule has 8 heteroatoms. The molecule has 0 bridgehead atoms. The molecule has 2 aromatic rings. The molecule has 0 amide bonds. The van der Waals surface area contributed by atoms with Crippen LogP contribution >= 0.6 is 0 Å². The Morgan fingerprint density at radius 3 is 1.55 bits per heavy atom. The molecule has 0 saturated carbocycles. The largest absolute Gasteiger partial charge is 0.504 e. The number of phenolic OH excluding ortho intramolecular Hbond substituents is 2. The Bertz CT molecular complexity index is 960. The summed E-state index contributed by atoms with van der Waals surface area (Å²) in [6, 6.07) is 8.84. The summed E-state index contributed by atoms with van der Waals surface area (Å²) in [5, 5.41) is 19.3. The molecule has 0 spiro atoms. The summed E-state index contributed by atoms with van der Waals surface area (Å²) in [5.41, 5.74) is 1.04. The van der Waals surface area contributed by atoms with Crippen LogP contribution in [0.25, 0.3) is 12.2 Å². The number of methoxy groups -OCH3 is 3. The van der Waals surface area contributed by atoms with Crippen LogP contribution in [-0.4, -0.2) is 49.1 Å². The van der Waals surface area contributed by atoms with E-state index in [0.717, 1.165) is 19.3 Å². The van der Waals surface area contributed by atoms with E-state index >= 15 is 0 Å². The zero-order chi connectivity index (χ0) is 23.0. The maximum Gasteiger partial charge on any atom is 0.324 e. The number of hydrogen-bond donors (Lipinski definition) is 2. The molecule has 8 nitrogen and oxygen atoms in total. The van der Waals surface area contributed by atoms with Gasteiger partial charge in [-0.2, -0.15) is 0 Å². The number of benzene rings is 2. The molecule has 0 saturated heterocycles. The van der Waals surface area contributed by atoms with Gasteiger partial charge in [-0.25, -0.2) is 0 Å². The summed E-state index contributed by atoms with van der Waals surface area (Å²) in [5.74, 6) is -3.90. The van der Waals surface area contributed by atoms with E-state index in [2.05, 4.69) is 4.74 Å². The molecule has 31 heavy (non-hydrogen) atoms. The highest BCUT2D eigenvalue weighted by Gasteiger charge is 2.31. The molecule has 2 rings (SSSR count). The predicted molar refractivity (Wildman–Crippen MR) is 113 cm³/mol. The normalized spacial score (nSPS) is 11.1. The second-order valence-corrected chi connectivity index (χ2v) is 6.29. The number of hydrogen-bond acceptors (Lipinski definition) is 8. The number of aromatic hydroxyl groups is 2. The Kier molecular flexibility index (Phi) is 7.96. The van der Waals surface area contributed by atoms with Crippen molar-refractivity contribution >= 4 is 29.7 Å². The van der Waals surface area contributed by atoms with E-state index < -0.39 is 23.5 Å². The predicted octanol–water partition coefficient (Wildman–Crippen LogP) is 2.77. The number of phenols is 2. The molecule has 2 aromatic carbocycles. The monoisotopic (exact) mass is 426 g/mol. The molecular weight excluding hydrogens is 404 g/mol. The Labute approximate surface area is 179 Å². The van der Waals surface area contributed by atoms with Crippen molar-refractivity contribution in [3.63, 3.8) is 0 Å². The lowest BCUT2D eigenvalue weighted by Gasteiger charge is -2.08. The average Bonchev–Trinajstić information content (AvgIpc) is 2.77. The Balaban J connectivity index is 2.23. The standard InChI is InChI=1S/C23H22O8/c1-29-20-12-14(4-8-16(20)24)6-10-18(26)22(23(28)31-3)19(27)11-7-15-5-9-17(25)21(13-15)30-2/h4-13,22,24-25H,1-3H3/b10-6+,11-7+. The van der Waals surface area contributed by atoms with Gasteiger partial charge in [-0.1, -0.05) is 24.3 Å². The van der Waals surface area contributed by atoms with E-state index in [1.807, 2.05) is 0 Å². The minimum Gasteiger partial charge on any atom is -0.504 e. The number of carbonyl (C=O) groups excluding carboxylic acids is 3. The minimum atomic E-state index is -1.67. The van der Waals surface area contributed by atoms with E-state index in [9.17, 15) is 24.6 Å². The van der Waals surface area contributed by atoms with Gasteiger partial charge in [0.05, 0.1) is 21.3 Å². The molecule has 0 radical (unpaired) electrons. The molecular formula is C23H22O8. The average molecular weight is 426 g/mol. The first-order valence-corrected chi connectivity index (χ1v) is 9.06. The zero-order valence-electron chi connectivity index (χ0n) is 17.2. The van der Waals surface area contributed by atoms with Crippen LogP contribution in [0.1, 0.15) is 11.1 Å². The number of rotatable bonds is 9. The lowest BCUT2D eigenvalue weighted by molar-refractivity contribution is -0.150. The second-order valence-electron chi connectivity index (χ2n) is 6.29. The lowest BCUT2D eigenvalue weighted by atomic mass is 9.97. The van der Waals surface area contributed by atoms with Crippen molar-refractivity contribution < 1.29 is 38.8 Å². The first-order chi connectivity index (χ1) is 14.8.